The Bertz CT molecular complexity index is 801. The molecule has 1 aromatic heterocycles. The van der Waals surface area contributed by atoms with Crippen LogP contribution in [-0.4, -0.2) is 4.98 Å². The van der Waals surface area contributed by atoms with Crippen molar-refractivity contribution in [1.29, 1.82) is 0 Å². The molecule has 0 aliphatic carbocycles. The zero-order valence-electron chi connectivity index (χ0n) is 10.2. The molecule has 3 rings (SSSR count). The van der Waals surface area contributed by atoms with Crippen molar-refractivity contribution in [3.05, 3.63) is 57.5 Å². The zero-order valence-corrected chi connectivity index (χ0v) is 12.5. The molecule has 2 N–H and O–H groups in total. The standard InChI is InChI=1S/C15H9Cl3N2/c16-9-6-10(17)15-13(14(9)18)11(19)7-12(20-15)8-4-2-1-3-5-8/h1-7H,(H2,19,20). The summed E-state index contributed by atoms with van der Waals surface area (Å²) < 4.78 is 0. The predicted molar refractivity (Wildman–Crippen MR) is 86.6 cm³/mol. The first-order valence-corrected chi connectivity index (χ1v) is 7.00. The van der Waals surface area contributed by atoms with E-state index in [1.165, 1.54) is 0 Å². The number of halogens is 3. The Hall–Kier alpha value is -1.48. The second-order valence-corrected chi connectivity index (χ2v) is 5.53. The summed E-state index contributed by atoms with van der Waals surface area (Å²) in [6.45, 7) is 0. The summed E-state index contributed by atoms with van der Waals surface area (Å²) >= 11 is 18.4. The van der Waals surface area contributed by atoms with E-state index in [0.717, 1.165) is 11.3 Å². The van der Waals surface area contributed by atoms with Gasteiger partial charge in [0, 0.05) is 16.6 Å². The molecule has 0 amide bonds. The van der Waals surface area contributed by atoms with E-state index in [2.05, 4.69) is 4.98 Å². The van der Waals surface area contributed by atoms with Gasteiger partial charge in [-0.3, -0.25) is 0 Å². The van der Waals surface area contributed by atoms with E-state index in [1.807, 2.05) is 30.3 Å². The molecule has 0 aliphatic rings. The molecule has 3 aromatic rings. The number of nitrogens with zero attached hydrogens (tertiary/aromatic N) is 1. The van der Waals surface area contributed by atoms with Gasteiger partial charge >= 0.3 is 0 Å². The first kappa shape index (κ1) is 13.5. The van der Waals surface area contributed by atoms with Gasteiger partial charge in [0.25, 0.3) is 0 Å². The molecule has 0 saturated heterocycles. The van der Waals surface area contributed by atoms with Gasteiger partial charge in [0.05, 0.1) is 26.3 Å². The van der Waals surface area contributed by atoms with Gasteiger partial charge in [-0.15, -0.1) is 0 Å². The van der Waals surface area contributed by atoms with Gasteiger partial charge in [-0.25, -0.2) is 4.98 Å². The highest BCUT2D eigenvalue weighted by Crippen LogP contribution is 2.39. The molecule has 0 saturated carbocycles. The maximum Gasteiger partial charge on any atom is 0.0932 e. The summed E-state index contributed by atoms with van der Waals surface area (Å²) in [4.78, 5) is 4.55. The minimum Gasteiger partial charge on any atom is -0.398 e. The van der Waals surface area contributed by atoms with E-state index in [1.54, 1.807) is 12.1 Å². The van der Waals surface area contributed by atoms with Crippen LogP contribution in [0.4, 0.5) is 5.69 Å². The molecular formula is C15H9Cl3N2. The highest BCUT2D eigenvalue weighted by atomic mass is 35.5. The third-order valence-corrected chi connectivity index (χ3v) is 4.10. The second-order valence-electron chi connectivity index (χ2n) is 4.34. The predicted octanol–water partition coefficient (Wildman–Crippen LogP) is 5.44. The van der Waals surface area contributed by atoms with Crippen LogP contribution in [0.15, 0.2) is 42.5 Å². The SMILES string of the molecule is Nc1cc(-c2ccccc2)nc2c(Cl)cc(Cl)c(Cl)c12. The minimum atomic E-state index is 0.366. The van der Waals surface area contributed by atoms with Crippen LogP contribution in [0, 0.1) is 0 Å². The van der Waals surface area contributed by atoms with E-state index in [0.29, 0.717) is 31.7 Å². The first-order chi connectivity index (χ1) is 9.58. The van der Waals surface area contributed by atoms with Crippen molar-refractivity contribution in [2.45, 2.75) is 0 Å². The molecule has 0 spiro atoms. The van der Waals surface area contributed by atoms with Gasteiger partial charge in [0.15, 0.2) is 0 Å². The van der Waals surface area contributed by atoms with Crippen LogP contribution in [0.1, 0.15) is 0 Å². The van der Waals surface area contributed by atoms with Gasteiger partial charge in [-0.2, -0.15) is 0 Å². The van der Waals surface area contributed by atoms with E-state index in [4.69, 9.17) is 40.5 Å². The normalized spacial score (nSPS) is 10.9. The number of nitrogen functional groups attached to an aromatic ring is 1. The Morgan fingerprint density at radius 1 is 0.900 bits per heavy atom. The van der Waals surface area contributed by atoms with Crippen LogP contribution in [-0.2, 0) is 0 Å². The lowest BCUT2D eigenvalue weighted by molar-refractivity contribution is 1.40. The topological polar surface area (TPSA) is 38.9 Å². The largest absolute Gasteiger partial charge is 0.398 e. The molecular weight excluding hydrogens is 315 g/mol. The Morgan fingerprint density at radius 2 is 1.60 bits per heavy atom. The number of anilines is 1. The number of rotatable bonds is 1. The van der Waals surface area contributed by atoms with Gasteiger partial charge in [-0.1, -0.05) is 65.1 Å². The van der Waals surface area contributed by atoms with Crippen molar-refractivity contribution in [3.8, 4) is 11.3 Å². The van der Waals surface area contributed by atoms with E-state index >= 15 is 0 Å². The number of nitrogens with two attached hydrogens (primary N) is 1. The molecule has 5 heteroatoms. The van der Waals surface area contributed by atoms with E-state index < -0.39 is 0 Å². The Labute approximate surface area is 131 Å². The highest BCUT2D eigenvalue weighted by molar-refractivity contribution is 6.48. The van der Waals surface area contributed by atoms with E-state index in [9.17, 15) is 0 Å². The lowest BCUT2D eigenvalue weighted by Crippen LogP contribution is -1.94. The molecule has 2 nitrogen and oxygen atoms in total. The quantitative estimate of drug-likeness (QED) is 0.605. The van der Waals surface area contributed by atoms with Crippen LogP contribution in [0.3, 0.4) is 0 Å². The lowest BCUT2D eigenvalue weighted by atomic mass is 10.1. The summed E-state index contributed by atoms with van der Waals surface area (Å²) in [5.41, 5.74) is 8.86. The molecule has 0 bridgehead atoms. The number of aromatic nitrogens is 1. The Kier molecular flexibility index (Phi) is 3.47. The summed E-state index contributed by atoms with van der Waals surface area (Å²) in [5.74, 6) is 0. The smallest absolute Gasteiger partial charge is 0.0932 e. The molecule has 0 aliphatic heterocycles. The Balaban J connectivity index is 2.36. The Morgan fingerprint density at radius 3 is 2.30 bits per heavy atom. The number of benzene rings is 2. The summed E-state index contributed by atoms with van der Waals surface area (Å²) in [6, 6.07) is 13.1. The van der Waals surface area contributed by atoms with Gasteiger partial charge in [0.2, 0.25) is 0 Å². The number of fused-ring (bicyclic) bond motifs is 1. The van der Waals surface area contributed by atoms with Crippen molar-refractivity contribution in [2.75, 3.05) is 5.73 Å². The number of hydrogen-bond acceptors (Lipinski definition) is 2. The molecule has 0 radical (unpaired) electrons. The molecule has 100 valence electrons. The fourth-order valence-electron chi connectivity index (χ4n) is 2.09. The fraction of sp³-hybridized carbons (Fsp3) is 0. The van der Waals surface area contributed by atoms with Gasteiger partial charge in [0.1, 0.15) is 0 Å². The van der Waals surface area contributed by atoms with E-state index in [-0.39, 0.29) is 0 Å². The molecule has 0 fully saturated rings. The maximum absolute atomic E-state index is 6.20. The van der Waals surface area contributed by atoms with Crippen molar-refractivity contribution >= 4 is 51.4 Å². The summed E-state index contributed by atoms with van der Waals surface area (Å²) in [7, 11) is 0. The molecule has 20 heavy (non-hydrogen) atoms. The monoisotopic (exact) mass is 322 g/mol. The maximum atomic E-state index is 6.20. The van der Waals surface area contributed by atoms with Crippen molar-refractivity contribution < 1.29 is 0 Å². The van der Waals surface area contributed by atoms with Gasteiger partial charge in [-0.05, 0) is 12.1 Å². The first-order valence-electron chi connectivity index (χ1n) is 5.87. The lowest BCUT2D eigenvalue weighted by Gasteiger charge is -2.10. The van der Waals surface area contributed by atoms with Crippen LogP contribution in [0.5, 0.6) is 0 Å². The average Bonchev–Trinajstić information content (AvgIpc) is 2.45. The fourth-order valence-corrected chi connectivity index (χ4v) is 2.85. The van der Waals surface area contributed by atoms with Gasteiger partial charge < -0.3 is 5.73 Å². The van der Waals surface area contributed by atoms with Crippen molar-refractivity contribution in [1.82, 2.24) is 4.98 Å². The molecule has 0 unspecified atom stereocenters. The van der Waals surface area contributed by atoms with Crippen LogP contribution in [0.25, 0.3) is 22.2 Å². The summed E-state index contributed by atoms with van der Waals surface area (Å²) in [5, 5.41) is 1.75. The summed E-state index contributed by atoms with van der Waals surface area (Å²) in [6.07, 6.45) is 0. The molecule has 0 atom stereocenters. The average molecular weight is 324 g/mol. The highest BCUT2D eigenvalue weighted by Gasteiger charge is 2.14. The van der Waals surface area contributed by atoms with Crippen LogP contribution in [0.2, 0.25) is 15.1 Å². The second kappa shape index (κ2) is 5.13. The minimum absolute atomic E-state index is 0.366. The van der Waals surface area contributed by atoms with Crippen LogP contribution >= 0.6 is 34.8 Å². The van der Waals surface area contributed by atoms with Crippen molar-refractivity contribution in [2.24, 2.45) is 0 Å². The number of pyridine rings is 1. The van der Waals surface area contributed by atoms with Crippen LogP contribution < -0.4 is 5.73 Å². The zero-order chi connectivity index (χ0) is 14.3. The van der Waals surface area contributed by atoms with Crippen molar-refractivity contribution in [3.63, 3.8) is 0 Å². The number of hydrogen-bond donors (Lipinski definition) is 1. The molecule has 2 aromatic carbocycles. The third-order valence-electron chi connectivity index (χ3n) is 3.03. The molecule has 1 heterocycles. The third kappa shape index (κ3) is 2.20.